The second kappa shape index (κ2) is 7.58. The number of pyridine rings is 1. The molecule has 0 saturated carbocycles. The third kappa shape index (κ3) is 4.31. The summed E-state index contributed by atoms with van der Waals surface area (Å²) in [5.74, 6) is -0.363. The number of rotatable bonds is 0. The average Bonchev–Trinajstić information content (AvgIpc) is 2.41. The van der Waals surface area contributed by atoms with Crippen LogP contribution in [0, 0.1) is 13.8 Å². The lowest BCUT2D eigenvalue weighted by Gasteiger charge is -2.06. The highest BCUT2D eigenvalue weighted by Gasteiger charge is 2.18. The van der Waals surface area contributed by atoms with E-state index < -0.39 is 0 Å². The van der Waals surface area contributed by atoms with Crippen molar-refractivity contribution in [1.29, 1.82) is 0 Å². The van der Waals surface area contributed by atoms with E-state index in [1.165, 1.54) is 11.1 Å². The number of hydrogen-bond acceptors (Lipinski definition) is 2. The number of aryl methyl sites for hydroxylation is 2. The summed E-state index contributed by atoms with van der Waals surface area (Å²) in [5.41, 5.74) is 2.45. The molecular weight excluding hydrogens is 363 g/mol. The van der Waals surface area contributed by atoms with E-state index in [0.29, 0.717) is 0 Å². The first-order valence-corrected chi connectivity index (χ1v) is 7.23. The van der Waals surface area contributed by atoms with Crippen LogP contribution in [-0.2, 0) is 0 Å². The molecule has 108 valence electrons. The van der Waals surface area contributed by atoms with E-state index in [1.54, 1.807) is 0 Å². The van der Waals surface area contributed by atoms with Gasteiger partial charge in [0.1, 0.15) is 10.0 Å². The van der Waals surface area contributed by atoms with Gasteiger partial charge in [0, 0.05) is 12.4 Å². The second-order valence-electron chi connectivity index (χ2n) is 3.96. The third-order valence-corrected chi connectivity index (χ3v) is 4.46. The summed E-state index contributed by atoms with van der Waals surface area (Å²) >= 11 is 27.9. The SMILES string of the molecule is Cc1cncc(C)c1.Oc1c(Cl)c(Cl)c(Cl)c(Cl)c1Cl. The zero-order valence-corrected chi connectivity index (χ0v) is 14.3. The van der Waals surface area contributed by atoms with Crippen LogP contribution in [0.2, 0.25) is 25.1 Å². The van der Waals surface area contributed by atoms with Gasteiger partial charge in [-0.3, -0.25) is 4.98 Å². The standard InChI is InChI=1S/C7H9N.C6HCl5O/c1-6-3-7(2)5-8-4-6;7-1-2(8)4(10)6(12)5(11)3(1)9/h3-5H,1-2H3;12H. The highest BCUT2D eigenvalue weighted by Crippen LogP contribution is 2.47. The van der Waals surface area contributed by atoms with Gasteiger partial charge in [0.25, 0.3) is 0 Å². The molecule has 0 saturated heterocycles. The maximum Gasteiger partial charge on any atom is 0.155 e. The van der Waals surface area contributed by atoms with Gasteiger partial charge in [0.15, 0.2) is 5.75 Å². The van der Waals surface area contributed by atoms with Gasteiger partial charge in [-0.25, -0.2) is 0 Å². The van der Waals surface area contributed by atoms with Crippen molar-refractivity contribution in [3.05, 3.63) is 54.7 Å². The van der Waals surface area contributed by atoms with E-state index in [4.69, 9.17) is 58.0 Å². The van der Waals surface area contributed by atoms with E-state index in [0.717, 1.165) is 0 Å². The Bertz CT molecular complexity index is 508. The fourth-order valence-corrected chi connectivity index (χ4v) is 2.43. The molecular formula is C13H10Cl5NO. The van der Waals surface area contributed by atoms with Crippen molar-refractivity contribution in [2.45, 2.75) is 13.8 Å². The highest BCUT2D eigenvalue weighted by molar-refractivity contribution is 6.55. The van der Waals surface area contributed by atoms with Crippen LogP contribution < -0.4 is 0 Å². The number of aromatic hydroxyl groups is 1. The second-order valence-corrected chi connectivity index (χ2v) is 5.85. The van der Waals surface area contributed by atoms with E-state index in [-0.39, 0.29) is 30.9 Å². The van der Waals surface area contributed by atoms with Gasteiger partial charge in [-0.05, 0) is 25.0 Å². The van der Waals surface area contributed by atoms with Gasteiger partial charge in [0.2, 0.25) is 0 Å². The van der Waals surface area contributed by atoms with E-state index in [1.807, 2.05) is 26.2 Å². The van der Waals surface area contributed by atoms with Crippen molar-refractivity contribution in [3.8, 4) is 5.75 Å². The van der Waals surface area contributed by atoms with E-state index in [2.05, 4.69) is 11.1 Å². The summed E-state index contributed by atoms with van der Waals surface area (Å²) in [6.45, 7) is 4.08. The lowest BCUT2D eigenvalue weighted by atomic mass is 10.2. The predicted octanol–water partition coefficient (Wildman–Crippen LogP) is 6.36. The number of halogens is 5. The lowest BCUT2D eigenvalue weighted by Crippen LogP contribution is -1.78. The van der Waals surface area contributed by atoms with Crippen molar-refractivity contribution in [1.82, 2.24) is 4.98 Å². The Balaban J connectivity index is 0.000000217. The van der Waals surface area contributed by atoms with Crippen molar-refractivity contribution in [2.75, 3.05) is 0 Å². The largest absolute Gasteiger partial charge is 0.505 e. The molecule has 0 amide bonds. The van der Waals surface area contributed by atoms with Gasteiger partial charge in [0.05, 0.1) is 15.1 Å². The maximum atomic E-state index is 9.20. The van der Waals surface area contributed by atoms with E-state index in [9.17, 15) is 5.11 Å². The number of nitrogens with zero attached hydrogens (tertiary/aromatic N) is 1. The predicted molar refractivity (Wildman–Crippen MR) is 86.9 cm³/mol. The topological polar surface area (TPSA) is 33.1 Å². The highest BCUT2D eigenvalue weighted by atomic mass is 35.5. The van der Waals surface area contributed by atoms with Gasteiger partial charge in [-0.15, -0.1) is 0 Å². The van der Waals surface area contributed by atoms with Gasteiger partial charge >= 0.3 is 0 Å². The Labute approximate surface area is 142 Å². The van der Waals surface area contributed by atoms with Crippen LogP contribution in [0.1, 0.15) is 11.1 Å². The molecule has 1 aromatic carbocycles. The summed E-state index contributed by atoms with van der Waals surface area (Å²) in [5, 5.41) is 9.01. The van der Waals surface area contributed by atoms with E-state index >= 15 is 0 Å². The van der Waals surface area contributed by atoms with Gasteiger partial charge < -0.3 is 5.11 Å². The van der Waals surface area contributed by atoms with Crippen LogP contribution in [0.5, 0.6) is 5.75 Å². The molecule has 0 aliphatic carbocycles. The first-order valence-electron chi connectivity index (χ1n) is 5.34. The number of phenolic OH excluding ortho intramolecular Hbond substituents is 1. The molecule has 20 heavy (non-hydrogen) atoms. The summed E-state index contributed by atoms with van der Waals surface area (Å²) in [6, 6.07) is 2.10. The summed E-state index contributed by atoms with van der Waals surface area (Å²) in [4.78, 5) is 3.98. The Kier molecular flexibility index (Phi) is 6.70. The number of hydrogen-bond donors (Lipinski definition) is 1. The van der Waals surface area contributed by atoms with Crippen LogP contribution in [-0.4, -0.2) is 10.1 Å². The molecule has 0 unspecified atom stereocenters. The van der Waals surface area contributed by atoms with Crippen LogP contribution >= 0.6 is 58.0 Å². The van der Waals surface area contributed by atoms with Crippen molar-refractivity contribution in [2.24, 2.45) is 0 Å². The molecule has 0 atom stereocenters. The quantitative estimate of drug-likeness (QED) is 0.431. The lowest BCUT2D eigenvalue weighted by molar-refractivity contribution is 0.476. The summed E-state index contributed by atoms with van der Waals surface area (Å²) in [7, 11) is 0. The van der Waals surface area contributed by atoms with Crippen LogP contribution in [0.3, 0.4) is 0 Å². The molecule has 2 nitrogen and oxygen atoms in total. The zero-order valence-electron chi connectivity index (χ0n) is 10.5. The van der Waals surface area contributed by atoms with Crippen molar-refractivity contribution in [3.63, 3.8) is 0 Å². The maximum absolute atomic E-state index is 9.20. The minimum absolute atomic E-state index is 0.00904. The van der Waals surface area contributed by atoms with Gasteiger partial charge in [-0.1, -0.05) is 64.1 Å². The minimum Gasteiger partial charge on any atom is -0.505 e. The molecule has 0 aliphatic rings. The molecule has 2 rings (SSSR count). The fourth-order valence-electron chi connectivity index (χ4n) is 1.30. The molecule has 1 heterocycles. The molecule has 0 bridgehead atoms. The van der Waals surface area contributed by atoms with Crippen LogP contribution in [0.4, 0.5) is 0 Å². The molecule has 0 fully saturated rings. The first-order chi connectivity index (χ1) is 9.25. The summed E-state index contributed by atoms with van der Waals surface area (Å²) < 4.78 is 0. The molecule has 2 aromatic rings. The Morgan fingerprint density at radius 3 is 1.40 bits per heavy atom. The normalized spacial score (nSPS) is 9.95. The third-order valence-electron chi connectivity index (χ3n) is 2.20. The van der Waals surface area contributed by atoms with Crippen molar-refractivity contribution >= 4 is 58.0 Å². The van der Waals surface area contributed by atoms with Crippen LogP contribution in [0.15, 0.2) is 18.5 Å². The van der Waals surface area contributed by atoms with Crippen molar-refractivity contribution < 1.29 is 5.11 Å². The zero-order chi connectivity index (χ0) is 15.4. The first kappa shape index (κ1) is 17.7. The van der Waals surface area contributed by atoms with Crippen LogP contribution in [0.25, 0.3) is 0 Å². The Morgan fingerprint density at radius 2 is 1.10 bits per heavy atom. The number of benzene rings is 1. The number of aromatic nitrogens is 1. The molecule has 0 spiro atoms. The molecule has 1 N–H and O–H groups in total. The molecule has 0 radical (unpaired) electrons. The molecule has 0 aliphatic heterocycles. The minimum atomic E-state index is -0.363. The Morgan fingerprint density at radius 1 is 0.750 bits per heavy atom. The smallest absolute Gasteiger partial charge is 0.155 e. The fraction of sp³-hybridized carbons (Fsp3) is 0.154. The average molecular weight is 373 g/mol. The molecule has 7 heteroatoms. The summed E-state index contributed by atoms with van der Waals surface area (Å²) in [6.07, 6.45) is 3.71. The van der Waals surface area contributed by atoms with Gasteiger partial charge in [-0.2, -0.15) is 0 Å². The monoisotopic (exact) mass is 371 g/mol. The molecule has 1 aromatic heterocycles. The number of phenols is 1. The Hall–Kier alpha value is -0.380.